The van der Waals surface area contributed by atoms with Gasteiger partial charge >= 0.3 is 0 Å². The molecule has 1 saturated carbocycles. The van der Waals surface area contributed by atoms with Gasteiger partial charge in [-0.1, -0.05) is 31.0 Å². The van der Waals surface area contributed by atoms with Gasteiger partial charge in [-0.05, 0) is 61.3 Å². The summed E-state index contributed by atoms with van der Waals surface area (Å²) in [6.07, 6.45) is 6.34. The molecule has 1 aliphatic rings. The van der Waals surface area contributed by atoms with E-state index < -0.39 is 0 Å². The molecule has 1 nitrogen and oxygen atoms in total. The van der Waals surface area contributed by atoms with Gasteiger partial charge in [-0.3, -0.25) is 0 Å². The smallest absolute Gasteiger partial charge is 0.0576 e. The van der Waals surface area contributed by atoms with Gasteiger partial charge in [0.15, 0.2) is 0 Å². The number of ether oxygens (including phenoxy) is 1. The minimum Gasteiger partial charge on any atom is -0.378 e. The number of rotatable bonds is 4. The zero-order chi connectivity index (χ0) is 13.3. The fraction of sp³-hybridized carbons (Fsp3) is 0.529. The molecular weight excluding hydrogens is 252 g/mol. The summed E-state index contributed by atoms with van der Waals surface area (Å²) in [5, 5.41) is 3.26. The van der Waals surface area contributed by atoms with Crippen molar-refractivity contribution >= 4 is 11.8 Å². The largest absolute Gasteiger partial charge is 0.378 e. The van der Waals surface area contributed by atoms with Gasteiger partial charge in [0, 0.05) is 17.4 Å². The molecule has 1 aromatic carbocycles. The summed E-state index contributed by atoms with van der Waals surface area (Å²) in [7, 11) is 0. The van der Waals surface area contributed by atoms with E-state index >= 15 is 0 Å². The third kappa shape index (κ3) is 5.30. The second kappa shape index (κ2) is 8.30. The van der Waals surface area contributed by atoms with Gasteiger partial charge in [0.1, 0.15) is 0 Å². The van der Waals surface area contributed by atoms with Crippen LogP contribution in [-0.4, -0.2) is 12.7 Å². The molecule has 2 heteroatoms. The average molecular weight is 274 g/mol. The molecule has 0 heterocycles. The molecule has 1 aromatic rings. The van der Waals surface area contributed by atoms with Crippen molar-refractivity contribution in [3.8, 4) is 11.2 Å². The van der Waals surface area contributed by atoms with Crippen LogP contribution >= 0.6 is 11.8 Å². The first-order valence-electron chi connectivity index (χ1n) is 7.22. The summed E-state index contributed by atoms with van der Waals surface area (Å²) in [6, 6.07) is 10.4. The monoisotopic (exact) mass is 274 g/mol. The van der Waals surface area contributed by atoms with E-state index in [1.54, 1.807) is 11.8 Å². The van der Waals surface area contributed by atoms with Crippen molar-refractivity contribution in [2.75, 3.05) is 6.61 Å². The van der Waals surface area contributed by atoms with Crippen molar-refractivity contribution in [3.63, 3.8) is 0 Å². The van der Waals surface area contributed by atoms with E-state index in [2.05, 4.69) is 42.4 Å². The Balaban J connectivity index is 1.71. The summed E-state index contributed by atoms with van der Waals surface area (Å²) in [6.45, 7) is 3.07. The fourth-order valence-corrected chi connectivity index (χ4v) is 2.96. The van der Waals surface area contributed by atoms with Crippen LogP contribution in [-0.2, 0) is 4.74 Å². The third-order valence-corrected chi connectivity index (χ3v) is 4.13. The number of benzene rings is 1. The van der Waals surface area contributed by atoms with Gasteiger partial charge in [0.05, 0.1) is 6.10 Å². The fourth-order valence-electron chi connectivity index (χ4n) is 2.32. The second-order valence-corrected chi connectivity index (χ2v) is 5.89. The number of hydrogen-bond donors (Lipinski definition) is 0. The van der Waals surface area contributed by atoms with Gasteiger partial charge in [0.2, 0.25) is 0 Å². The van der Waals surface area contributed by atoms with Gasteiger partial charge in [-0.25, -0.2) is 0 Å². The molecule has 2 rings (SSSR count). The molecule has 0 saturated heterocycles. The predicted molar refractivity (Wildman–Crippen MR) is 82.1 cm³/mol. The molecule has 0 amide bonds. The standard InChI is InChI=1S/C17H22OS/c1-2-13-18-16-10-8-15(9-11-16)12-14-19-17-6-4-3-5-7-17/h3-7,15-16H,2,8-11,13H2,1H3. The quantitative estimate of drug-likeness (QED) is 0.580. The zero-order valence-corrected chi connectivity index (χ0v) is 12.4. The highest BCUT2D eigenvalue weighted by Gasteiger charge is 2.19. The van der Waals surface area contributed by atoms with E-state index in [1.807, 2.05) is 6.07 Å². The topological polar surface area (TPSA) is 9.23 Å². The molecular formula is C17H22OS. The van der Waals surface area contributed by atoms with Crippen LogP contribution in [0.15, 0.2) is 35.2 Å². The van der Waals surface area contributed by atoms with Crippen molar-refractivity contribution in [2.45, 2.75) is 50.0 Å². The third-order valence-electron chi connectivity index (χ3n) is 3.41. The lowest BCUT2D eigenvalue weighted by molar-refractivity contribution is 0.0234. The van der Waals surface area contributed by atoms with E-state index in [1.165, 1.54) is 30.6 Å². The molecule has 0 aromatic heterocycles. The van der Waals surface area contributed by atoms with E-state index in [0.717, 1.165) is 13.0 Å². The highest BCUT2D eigenvalue weighted by Crippen LogP contribution is 2.26. The van der Waals surface area contributed by atoms with Crippen molar-refractivity contribution in [1.82, 2.24) is 0 Å². The Labute approximate surface area is 121 Å². The van der Waals surface area contributed by atoms with Gasteiger partial charge < -0.3 is 4.74 Å². The molecule has 0 unspecified atom stereocenters. The maximum Gasteiger partial charge on any atom is 0.0576 e. The lowest BCUT2D eigenvalue weighted by Crippen LogP contribution is -2.21. The molecule has 1 fully saturated rings. The lowest BCUT2D eigenvalue weighted by atomic mass is 9.88. The summed E-state index contributed by atoms with van der Waals surface area (Å²) in [5.41, 5.74) is 0. The molecule has 0 bridgehead atoms. The first-order chi connectivity index (χ1) is 9.38. The van der Waals surface area contributed by atoms with Crippen molar-refractivity contribution in [2.24, 2.45) is 5.92 Å². The normalized spacial score (nSPS) is 22.6. The van der Waals surface area contributed by atoms with Crippen LogP contribution in [0, 0.1) is 17.1 Å². The summed E-state index contributed by atoms with van der Waals surface area (Å²) < 4.78 is 5.80. The van der Waals surface area contributed by atoms with E-state index in [0.29, 0.717) is 12.0 Å². The first-order valence-corrected chi connectivity index (χ1v) is 8.04. The maximum atomic E-state index is 5.80. The Morgan fingerprint density at radius 1 is 1.16 bits per heavy atom. The SMILES string of the molecule is CCCOC1CCC(C#CSc2ccccc2)CC1. The molecule has 1 aliphatic carbocycles. The van der Waals surface area contributed by atoms with Gasteiger partial charge in [-0.15, -0.1) is 0 Å². The van der Waals surface area contributed by atoms with Crippen LogP contribution in [0.1, 0.15) is 39.0 Å². The minimum absolute atomic E-state index is 0.486. The molecule has 0 radical (unpaired) electrons. The Bertz CT molecular complexity index is 410. The van der Waals surface area contributed by atoms with Gasteiger partial charge in [-0.2, -0.15) is 0 Å². The highest BCUT2D eigenvalue weighted by atomic mass is 32.2. The minimum atomic E-state index is 0.486. The predicted octanol–water partition coefficient (Wildman–Crippen LogP) is 4.73. The van der Waals surface area contributed by atoms with E-state index in [4.69, 9.17) is 4.74 Å². The summed E-state index contributed by atoms with van der Waals surface area (Å²) in [5.74, 6) is 3.97. The molecule has 0 spiro atoms. The van der Waals surface area contributed by atoms with Crippen LogP contribution in [0.4, 0.5) is 0 Å². The molecule has 102 valence electrons. The summed E-state index contributed by atoms with van der Waals surface area (Å²) >= 11 is 1.64. The van der Waals surface area contributed by atoms with Crippen LogP contribution in [0.5, 0.6) is 0 Å². The van der Waals surface area contributed by atoms with Crippen molar-refractivity contribution in [1.29, 1.82) is 0 Å². The van der Waals surface area contributed by atoms with Crippen LogP contribution in [0.3, 0.4) is 0 Å². The zero-order valence-electron chi connectivity index (χ0n) is 11.6. The first kappa shape index (κ1) is 14.5. The molecule has 19 heavy (non-hydrogen) atoms. The average Bonchev–Trinajstić information content (AvgIpc) is 2.47. The Morgan fingerprint density at radius 2 is 1.89 bits per heavy atom. The van der Waals surface area contributed by atoms with Crippen LogP contribution in [0.2, 0.25) is 0 Å². The number of thioether (sulfide) groups is 1. The maximum absolute atomic E-state index is 5.80. The lowest BCUT2D eigenvalue weighted by Gasteiger charge is -2.25. The van der Waals surface area contributed by atoms with Gasteiger partial charge in [0.25, 0.3) is 0 Å². The van der Waals surface area contributed by atoms with E-state index in [9.17, 15) is 0 Å². The van der Waals surface area contributed by atoms with Crippen LogP contribution in [0.25, 0.3) is 0 Å². The highest BCUT2D eigenvalue weighted by molar-refractivity contribution is 8.03. The Hall–Kier alpha value is -0.910. The molecule has 0 N–H and O–H groups in total. The van der Waals surface area contributed by atoms with Crippen LogP contribution < -0.4 is 0 Å². The second-order valence-electron chi connectivity index (χ2n) is 5.01. The Kier molecular flexibility index (Phi) is 6.33. The number of hydrogen-bond acceptors (Lipinski definition) is 2. The molecule has 0 atom stereocenters. The van der Waals surface area contributed by atoms with Crippen molar-refractivity contribution in [3.05, 3.63) is 30.3 Å². The van der Waals surface area contributed by atoms with Crippen molar-refractivity contribution < 1.29 is 4.74 Å². The summed E-state index contributed by atoms with van der Waals surface area (Å²) in [4.78, 5) is 1.23. The molecule has 0 aliphatic heterocycles. The Morgan fingerprint density at radius 3 is 2.58 bits per heavy atom. The van der Waals surface area contributed by atoms with E-state index in [-0.39, 0.29) is 0 Å².